The maximum absolute atomic E-state index is 4.02. The summed E-state index contributed by atoms with van der Waals surface area (Å²) in [5, 5.41) is 0. The zero-order valence-electron chi connectivity index (χ0n) is 11.8. The van der Waals surface area contributed by atoms with Crippen LogP contribution in [0.25, 0.3) is 0 Å². The molecule has 1 aromatic carbocycles. The molecule has 0 aliphatic heterocycles. The van der Waals surface area contributed by atoms with E-state index < -0.39 is 0 Å². The summed E-state index contributed by atoms with van der Waals surface area (Å²) >= 11 is 0. The molecule has 1 rings (SSSR count). The van der Waals surface area contributed by atoms with E-state index in [0.29, 0.717) is 5.92 Å². The smallest absolute Gasteiger partial charge is 0.0237 e. The first-order chi connectivity index (χ1) is 8.04. The number of benzene rings is 1. The minimum atomic E-state index is 0.658. The maximum atomic E-state index is 4.02. The van der Waals surface area contributed by atoms with Crippen LogP contribution in [0.3, 0.4) is 0 Å². The van der Waals surface area contributed by atoms with Crippen molar-refractivity contribution in [3.05, 3.63) is 47.0 Å². The second-order valence-electron chi connectivity index (χ2n) is 5.25. The van der Waals surface area contributed by atoms with Crippen LogP contribution in [0, 0.1) is 12.8 Å². The summed E-state index contributed by atoms with van der Waals surface area (Å²) in [4.78, 5) is 0. The molecule has 0 aliphatic carbocycles. The molecule has 1 unspecified atom stereocenters. The maximum Gasteiger partial charge on any atom is -0.0237 e. The SMILES string of the molecule is C=C(C)C(C)CCCc1ccc(CC)c(C)c1. The fourth-order valence-electron chi connectivity index (χ4n) is 2.17. The van der Waals surface area contributed by atoms with Crippen LogP contribution in [0.2, 0.25) is 0 Å². The lowest BCUT2D eigenvalue weighted by Gasteiger charge is -2.11. The predicted octanol–water partition coefficient (Wildman–Crippen LogP) is 5.09. The molecule has 94 valence electrons. The van der Waals surface area contributed by atoms with Gasteiger partial charge in [-0.15, -0.1) is 0 Å². The first kappa shape index (κ1) is 14.0. The third-order valence-corrected chi connectivity index (χ3v) is 3.73. The van der Waals surface area contributed by atoms with E-state index in [-0.39, 0.29) is 0 Å². The van der Waals surface area contributed by atoms with Crippen LogP contribution in [-0.4, -0.2) is 0 Å². The van der Waals surface area contributed by atoms with Crippen LogP contribution < -0.4 is 0 Å². The second kappa shape index (κ2) is 6.64. The Hall–Kier alpha value is -1.04. The zero-order valence-corrected chi connectivity index (χ0v) is 11.8. The molecule has 0 saturated carbocycles. The van der Waals surface area contributed by atoms with Gasteiger partial charge in [-0.25, -0.2) is 0 Å². The number of aryl methyl sites for hydroxylation is 3. The van der Waals surface area contributed by atoms with Crippen LogP contribution in [0.1, 0.15) is 50.3 Å². The number of hydrogen-bond acceptors (Lipinski definition) is 0. The van der Waals surface area contributed by atoms with Gasteiger partial charge in [0.25, 0.3) is 0 Å². The van der Waals surface area contributed by atoms with Crippen LogP contribution in [-0.2, 0) is 12.8 Å². The molecule has 0 bridgehead atoms. The van der Waals surface area contributed by atoms with E-state index in [9.17, 15) is 0 Å². The first-order valence-corrected chi connectivity index (χ1v) is 6.78. The highest BCUT2D eigenvalue weighted by molar-refractivity contribution is 5.31. The van der Waals surface area contributed by atoms with Gasteiger partial charge in [0.15, 0.2) is 0 Å². The van der Waals surface area contributed by atoms with Gasteiger partial charge in [-0.3, -0.25) is 0 Å². The Morgan fingerprint density at radius 3 is 2.59 bits per heavy atom. The lowest BCUT2D eigenvalue weighted by atomic mass is 9.95. The summed E-state index contributed by atoms with van der Waals surface area (Å²) in [5.41, 5.74) is 5.71. The van der Waals surface area contributed by atoms with Crippen LogP contribution in [0.15, 0.2) is 30.4 Å². The van der Waals surface area contributed by atoms with E-state index in [2.05, 4.69) is 52.5 Å². The molecule has 17 heavy (non-hydrogen) atoms. The zero-order chi connectivity index (χ0) is 12.8. The third-order valence-electron chi connectivity index (χ3n) is 3.73. The summed E-state index contributed by atoms with van der Waals surface area (Å²) in [6, 6.07) is 6.92. The Morgan fingerprint density at radius 1 is 1.35 bits per heavy atom. The molecule has 0 heteroatoms. The molecule has 0 heterocycles. The number of hydrogen-bond donors (Lipinski definition) is 0. The molecule has 0 N–H and O–H groups in total. The van der Waals surface area contributed by atoms with E-state index in [1.165, 1.54) is 41.5 Å². The fraction of sp³-hybridized carbons (Fsp3) is 0.529. The van der Waals surface area contributed by atoms with Gasteiger partial charge >= 0.3 is 0 Å². The second-order valence-corrected chi connectivity index (χ2v) is 5.25. The molecule has 0 spiro atoms. The van der Waals surface area contributed by atoms with E-state index in [4.69, 9.17) is 0 Å². The van der Waals surface area contributed by atoms with Crippen molar-refractivity contribution in [2.45, 2.75) is 53.4 Å². The summed E-state index contributed by atoms with van der Waals surface area (Å²) in [6.07, 6.45) is 4.85. The monoisotopic (exact) mass is 230 g/mol. The number of rotatable bonds is 6. The summed E-state index contributed by atoms with van der Waals surface area (Å²) in [6.45, 7) is 12.9. The van der Waals surface area contributed by atoms with Gasteiger partial charge < -0.3 is 0 Å². The highest BCUT2D eigenvalue weighted by Gasteiger charge is 2.03. The minimum absolute atomic E-state index is 0.658. The highest BCUT2D eigenvalue weighted by atomic mass is 14.1. The van der Waals surface area contributed by atoms with E-state index in [1.807, 2.05) is 0 Å². The van der Waals surface area contributed by atoms with E-state index in [0.717, 1.165) is 6.42 Å². The van der Waals surface area contributed by atoms with Crippen molar-refractivity contribution < 1.29 is 0 Å². The molecule has 1 atom stereocenters. The van der Waals surface area contributed by atoms with Gasteiger partial charge in [0, 0.05) is 0 Å². The molecular formula is C17H26. The van der Waals surface area contributed by atoms with Gasteiger partial charge in [-0.1, -0.05) is 44.2 Å². The molecule has 1 aromatic rings. The van der Waals surface area contributed by atoms with Gasteiger partial charge in [0.05, 0.1) is 0 Å². The Morgan fingerprint density at radius 2 is 2.06 bits per heavy atom. The molecule has 0 fully saturated rings. The number of allylic oxidation sites excluding steroid dienone is 1. The normalized spacial score (nSPS) is 12.5. The summed E-state index contributed by atoms with van der Waals surface area (Å²) < 4.78 is 0. The predicted molar refractivity (Wildman–Crippen MR) is 77.5 cm³/mol. The quantitative estimate of drug-likeness (QED) is 0.597. The molecule has 0 radical (unpaired) electrons. The standard InChI is InChI=1S/C17H26/c1-6-17-11-10-16(12-15(17)5)9-7-8-14(4)13(2)3/h10-12,14H,2,6-9H2,1,3-5H3. The topological polar surface area (TPSA) is 0 Å². The van der Waals surface area contributed by atoms with Crippen molar-refractivity contribution in [3.8, 4) is 0 Å². The average Bonchev–Trinajstić information content (AvgIpc) is 2.29. The Labute approximate surface area is 107 Å². The molecule has 0 aliphatic rings. The largest absolute Gasteiger partial charge is 0.0999 e. The van der Waals surface area contributed by atoms with Gasteiger partial charge in [-0.2, -0.15) is 0 Å². The lowest BCUT2D eigenvalue weighted by molar-refractivity contribution is 0.580. The van der Waals surface area contributed by atoms with Crippen molar-refractivity contribution in [2.75, 3.05) is 0 Å². The van der Waals surface area contributed by atoms with Crippen molar-refractivity contribution in [1.29, 1.82) is 0 Å². The van der Waals surface area contributed by atoms with E-state index >= 15 is 0 Å². The highest BCUT2D eigenvalue weighted by Crippen LogP contribution is 2.18. The van der Waals surface area contributed by atoms with Gasteiger partial charge in [-0.05, 0) is 62.1 Å². The molecule has 0 saturated heterocycles. The minimum Gasteiger partial charge on any atom is -0.0999 e. The van der Waals surface area contributed by atoms with Crippen molar-refractivity contribution >= 4 is 0 Å². The Kier molecular flexibility index (Phi) is 5.47. The van der Waals surface area contributed by atoms with Crippen LogP contribution in [0.4, 0.5) is 0 Å². The molecule has 0 nitrogen and oxygen atoms in total. The van der Waals surface area contributed by atoms with Crippen molar-refractivity contribution in [2.24, 2.45) is 5.92 Å². The molecule has 0 aromatic heterocycles. The molecule has 0 amide bonds. The van der Waals surface area contributed by atoms with Crippen molar-refractivity contribution in [1.82, 2.24) is 0 Å². The summed E-state index contributed by atoms with van der Waals surface area (Å²) in [5.74, 6) is 0.658. The Bertz CT molecular complexity index is 374. The van der Waals surface area contributed by atoms with E-state index in [1.54, 1.807) is 0 Å². The van der Waals surface area contributed by atoms with Gasteiger partial charge in [0.1, 0.15) is 0 Å². The van der Waals surface area contributed by atoms with Crippen LogP contribution >= 0.6 is 0 Å². The third kappa shape index (κ3) is 4.38. The lowest BCUT2D eigenvalue weighted by Crippen LogP contribution is -1.97. The van der Waals surface area contributed by atoms with Crippen molar-refractivity contribution in [3.63, 3.8) is 0 Å². The average molecular weight is 230 g/mol. The fourth-order valence-corrected chi connectivity index (χ4v) is 2.17. The van der Waals surface area contributed by atoms with Crippen LogP contribution in [0.5, 0.6) is 0 Å². The van der Waals surface area contributed by atoms with Gasteiger partial charge in [0.2, 0.25) is 0 Å². The summed E-state index contributed by atoms with van der Waals surface area (Å²) in [7, 11) is 0. The first-order valence-electron chi connectivity index (χ1n) is 6.78. The Balaban J connectivity index is 2.47. The molecular weight excluding hydrogens is 204 g/mol.